The smallest absolute Gasteiger partial charge is 0.259 e. The second-order valence-electron chi connectivity index (χ2n) is 5.25. The third-order valence-corrected chi connectivity index (χ3v) is 3.70. The highest BCUT2D eigenvalue weighted by molar-refractivity contribution is 5.94. The zero-order valence-electron chi connectivity index (χ0n) is 12.6. The largest absolute Gasteiger partial charge is 0.470 e. The van der Waals surface area contributed by atoms with Crippen molar-refractivity contribution in [3.8, 4) is 11.9 Å². The van der Waals surface area contributed by atoms with Crippen molar-refractivity contribution in [3.63, 3.8) is 0 Å². The molecule has 0 radical (unpaired) electrons. The molecule has 1 fully saturated rings. The van der Waals surface area contributed by atoms with Crippen molar-refractivity contribution in [3.05, 3.63) is 35.6 Å². The number of rotatable bonds is 3. The Kier molecular flexibility index (Phi) is 4.19. The van der Waals surface area contributed by atoms with E-state index in [1.54, 1.807) is 11.8 Å². The Labute approximate surface area is 132 Å². The summed E-state index contributed by atoms with van der Waals surface area (Å²) in [5.41, 5.74) is 0.605. The number of piperidine rings is 1. The number of hydrogen-bond acceptors (Lipinski definition) is 7. The minimum Gasteiger partial charge on any atom is -0.470 e. The number of hydrogen-bond donors (Lipinski definition) is 0. The Morgan fingerprint density at radius 3 is 3.04 bits per heavy atom. The summed E-state index contributed by atoms with van der Waals surface area (Å²) in [4.78, 5) is 22.2. The van der Waals surface area contributed by atoms with Gasteiger partial charge in [0.25, 0.3) is 11.8 Å². The molecule has 0 aromatic carbocycles. The van der Waals surface area contributed by atoms with E-state index in [-0.39, 0.29) is 23.6 Å². The summed E-state index contributed by atoms with van der Waals surface area (Å²) >= 11 is 0. The van der Waals surface area contributed by atoms with E-state index in [2.05, 4.69) is 15.1 Å². The first-order valence-corrected chi connectivity index (χ1v) is 7.27. The van der Waals surface area contributed by atoms with Crippen LogP contribution in [0.4, 0.5) is 0 Å². The van der Waals surface area contributed by atoms with Gasteiger partial charge in [-0.05, 0) is 19.8 Å². The highest BCUT2D eigenvalue weighted by Gasteiger charge is 2.28. The van der Waals surface area contributed by atoms with Crippen molar-refractivity contribution in [2.45, 2.75) is 25.9 Å². The lowest BCUT2D eigenvalue weighted by Gasteiger charge is -2.32. The number of aromatic nitrogens is 3. The number of likely N-dealkylation sites (tertiary alicyclic amines) is 1. The number of nitrogens with zero attached hydrogens (tertiary/aromatic N) is 5. The monoisotopic (exact) mass is 313 g/mol. The fourth-order valence-corrected chi connectivity index (χ4v) is 2.54. The maximum absolute atomic E-state index is 12.5. The van der Waals surface area contributed by atoms with Gasteiger partial charge in [0.15, 0.2) is 0 Å². The van der Waals surface area contributed by atoms with E-state index in [1.165, 1.54) is 18.6 Å². The molecule has 8 nitrogen and oxygen atoms in total. The Morgan fingerprint density at radius 2 is 2.30 bits per heavy atom. The molecule has 1 atom stereocenters. The van der Waals surface area contributed by atoms with Crippen LogP contribution in [0.2, 0.25) is 0 Å². The standard InChI is InChI=1S/C15H15N5O3/c1-10-12(8-19-23-10)15(21)20-6-2-3-11(9-20)22-14-13(7-16)17-4-5-18-14/h4-5,8,11H,2-3,6,9H2,1H3/t11-/m0/s1. The molecule has 3 rings (SSSR count). The van der Waals surface area contributed by atoms with Crippen LogP contribution in [-0.4, -0.2) is 45.1 Å². The molecular weight excluding hydrogens is 298 g/mol. The van der Waals surface area contributed by atoms with E-state index in [1.807, 2.05) is 6.07 Å². The van der Waals surface area contributed by atoms with Crippen molar-refractivity contribution in [1.29, 1.82) is 5.26 Å². The molecule has 1 amide bonds. The minimum absolute atomic E-state index is 0.128. The van der Waals surface area contributed by atoms with Gasteiger partial charge in [0.2, 0.25) is 5.69 Å². The summed E-state index contributed by atoms with van der Waals surface area (Å²) in [7, 11) is 0. The lowest BCUT2D eigenvalue weighted by atomic mass is 10.1. The number of carbonyl (C=O) groups is 1. The minimum atomic E-state index is -0.225. The second kappa shape index (κ2) is 6.44. The lowest BCUT2D eigenvalue weighted by Crippen LogP contribution is -2.44. The number of carbonyl (C=O) groups excluding carboxylic acids is 1. The molecule has 0 N–H and O–H groups in total. The predicted molar refractivity (Wildman–Crippen MR) is 77.5 cm³/mol. The summed E-state index contributed by atoms with van der Waals surface area (Å²) in [6, 6.07) is 1.95. The molecular formula is C15H15N5O3. The van der Waals surface area contributed by atoms with Gasteiger partial charge in [0, 0.05) is 18.9 Å². The van der Waals surface area contributed by atoms with Crippen molar-refractivity contribution in [2.75, 3.05) is 13.1 Å². The Morgan fingerprint density at radius 1 is 1.48 bits per heavy atom. The van der Waals surface area contributed by atoms with Crippen LogP contribution in [0.1, 0.15) is 34.7 Å². The molecule has 8 heteroatoms. The number of amides is 1. The Hall–Kier alpha value is -2.95. The predicted octanol–water partition coefficient (Wildman–Crippen LogP) is 1.33. The molecule has 3 heterocycles. The summed E-state index contributed by atoms with van der Waals surface area (Å²) in [5, 5.41) is 12.7. The van der Waals surface area contributed by atoms with E-state index in [0.29, 0.717) is 24.4 Å². The summed E-state index contributed by atoms with van der Waals surface area (Å²) < 4.78 is 10.7. The van der Waals surface area contributed by atoms with Crippen LogP contribution < -0.4 is 4.74 Å². The van der Waals surface area contributed by atoms with Crippen LogP contribution in [0.15, 0.2) is 23.1 Å². The van der Waals surface area contributed by atoms with E-state index in [9.17, 15) is 4.79 Å². The van der Waals surface area contributed by atoms with Crippen LogP contribution in [0.3, 0.4) is 0 Å². The zero-order chi connectivity index (χ0) is 16.2. The SMILES string of the molecule is Cc1oncc1C(=O)N1CCC[C@H](Oc2nccnc2C#N)C1. The molecule has 2 aromatic heterocycles. The number of ether oxygens (including phenoxy) is 1. The quantitative estimate of drug-likeness (QED) is 0.841. The van der Waals surface area contributed by atoms with Crippen LogP contribution in [-0.2, 0) is 0 Å². The molecule has 1 saturated heterocycles. The van der Waals surface area contributed by atoms with Gasteiger partial charge in [0.05, 0.1) is 12.7 Å². The fraction of sp³-hybridized carbons (Fsp3) is 0.400. The molecule has 1 aliphatic heterocycles. The third kappa shape index (κ3) is 3.13. The summed E-state index contributed by atoms with van der Waals surface area (Å²) in [5.74, 6) is 0.575. The maximum Gasteiger partial charge on any atom is 0.259 e. The second-order valence-corrected chi connectivity index (χ2v) is 5.25. The molecule has 2 aromatic rings. The average Bonchev–Trinajstić information content (AvgIpc) is 3.01. The molecule has 0 unspecified atom stereocenters. The molecule has 1 aliphatic rings. The first kappa shape index (κ1) is 15.0. The van der Waals surface area contributed by atoms with Crippen LogP contribution >= 0.6 is 0 Å². The first-order chi connectivity index (χ1) is 11.2. The van der Waals surface area contributed by atoms with Crippen LogP contribution in [0, 0.1) is 18.3 Å². The van der Waals surface area contributed by atoms with Crippen molar-refractivity contribution in [1.82, 2.24) is 20.0 Å². The molecule has 23 heavy (non-hydrogen) atoms. The van der Waals surface area contributed by atoms with E-state index in [4.69, 9.17) is 14.5 Å². The Balaban J connectivity index is 1.70. The first-order valence-electron chi connectivity index (χ1n) is 7.27. The maximum atomic E-state index is 12.5. The fourth-order valence-electron chi connectivity index (χ4n) is 2.54. The van der Waals surface area contributed by atoms with Gasteiger partial charge in [-0.15, -0.1) is 0 Å². The van der Waals surface area contributed by atoms with Crippen molar-refractivity contribution >= 4 is 5.91 Å². The van der Waals surface area contributed by atoms with Crippen molar-refractivity contribution < 1.29 is 14.1 Å². The van der Waals surface area contributed by atoms with E-state index >= 15 is 0 Å². The molecule has 118 valence electrons. The zero-order valence-corrected chi connectivity index (χ0v) is 12.6. The Bertz CT molecular complexity index is 752. The van der Waals surface area contributed by atoms with Gasteiger partial charge in [-0.3, -0.25) is 4.79 Å². The number of nitriles is 1. The highest BCUT2D eigenvalue weighted by Crippen LogP contribution is 2.20. The molecule has 0 bridgehead atoms. The summed E-state index contributed by atoms with van der Waals surface area (Å²) in [6.07, 6.45) is 5.71. The highest BCUT2D eigenvalue weighted by atomic mass is 16.5. The molecule has 0 aliphatic carbocycles. The van der Waals surface area contributed by atoms with Gasteiger partial charge in [0.1, 0.15) is 23.5 Å². The third-order valence-electron chi connectivity index (χ3n) is 3.70. The normalized spacial score (nSPS) is 17.6. The van der Waals surface area contributed by atoms with Gasteiger partial charge in [-0.25, -0.2) is 9.97 Å². The van der Waals surface area contributed by atoms with E-state index < -0.39 is 0 Å². The van der Waals surface area contributed by atoms with Gasteiger partial charge >= 0.3 is 0 Å². The molecule has 0 spiro atoms. The van der Waals surface area contributed by atoms with Crippen molar-refractivity contribution in [2.24, 2.45) is 0 Å². The lowest BCUT2D eigenvalue weighted by molar-refractivity contribution is 0.0524. The van der Waals surface area contributed by atoms with Gasteiger partial charge in [-0.2, -0.15) is 5.26 Å². The number of aryl methyl sites for hydroxylation is 1. The average molecular weight is 313 g/mol. The van der Waals surface area contributed by atoms with Crippen LogP contribution in [0.25, 0.3) is 0 Å². The van der Waals surface area contributed by atoms with Gasteiger partial charge in [-0.1, -0.05) is 5.16 Å². The summed E-state index contributed by atoms with van der Waals surface area (Å²) in [6.45, 7) is 2.77. The van der Waals surface area contributed by atoms with E-state index in [0.717, 1.165) is 12.8 Å². The topological polar surface area (TPSA) is 105 Å². The molecule has 0 saturated carbocycles. The van der Waals surface area contributed by atoms with Crippen LogP contribution in [0.5, 0.6) is 5.88 Å². The van der Waals surface area contributed by atoms with Gasteiger partial charge < -0.3 is 14.2 Å².